The predicted molar refractivity (Wildman–Crippen MR) is 81.0 cm³/mol. The maximum Gasteiger partial charge on any atom is 0.122 e. The van der Waals surface area contributed by atoms with E-state index in [4.69, 9.17) is 22.2 Å². The first-order chi connectivity index (χ1) is 9.70. The van der Waals surface area contributed by atoms with Gasteiger partial charge in [0.1, 0.15) is 5.75 Å². The van der Waals surface area contributed by atoms with Crippen molar-refractivity contribution in [3.8, 4) is 5.75 Å². The Morgan fingerprint density at radius 2 is 2.15 bits per heavy atom. The van der Waals surface area contributed by atoms with E-state index in [0.29, 0.717) is 0 Å². The summed E-state index contributed by atoms with van der Waals surface area (Å²) >= 11 is 6.41. The van der Waals surface area contributed by atoms with Gasteiger partial charge in [-0.25, -0.2) is 5.43 Å². The van der Waals surface area contributed by atoms with Gasteiger partial charge >= 0.3 is 0 Å². The Morgan fingerprint density at radius 1 is 1.30 bits per heavy atom. The van der Waals surface area contributed by atoms with Crippen molar-refractivity contribution >= 4 is 11.6 Å². The lowest BCUT2D eigenvalue weighted by atomic mass is 9.96. The highest BCUT2D eigenvalue weighted by Crippen LogP contribution is 2.33. The van der Waals surface area contributed by atoms with Gasteiger partial charge in [-0.05, 0) is 35.2 Å². The molecule has 3 nitrogen and oxygen atoms in total. The lowest BCUT2D eigenvalue weighted by Crippen LogP contribution is -2.29. The number of halogens is 1. The van der Waals surface area contributed by atoms with E-state index >= 15 is 0 Å². The zero-order valence-electron chi connectivity index (χ0n) is 11.3. The van der Waals surface area contributed by atoms with Crippen molar-refractivity contribution < 1.29 is 4.74 Å². The molecule has 0 spiro atoms. The van der Waals surface area contributed by atoms with E-state index in [0.717, 1.165) is 40.5 Å². The van der Waals surface area contributed by atoms with E-state index in [1.807, 2.05) is 37.3 Å². The molecule has 1 atom stereocenters. The smallest absolute Gasteiger partial charge is 0.122 e. The molecule has 3 rings (SSSR count). The largest absolute Gasteiger partial charge is 0.493 e. The van der Waals surface area contributed by atoms with Crippen molar-refractivity contribution in [3.63, 3.8) is 0 Å². The van der Waals surface area contributed by atoms with E-state index in [1.165, 1.54) is 5.56 Å². The van der Waals surface area contributed by atoms with Crippen LogP contribution in [-0.2, 0) is 6.42 Å². The van der Waals surface area contributed by atoms with Crippen LogP contribution in [0.15, 0.2) is 36.4 Å². The molecule has 104 valence electrons. The monoisotopic (exact) mass is 288 g/mol. The summed E-state index contributed by atoms with van der Waals surface area (Å²) in [5, 5.41) is 0.757. The first-order valence-electron chi connectivity index (χ1n) is 6.67. The number of benzene rings is 2. The average molecular weight is 289 g/mol. The topological polar surface area (TPSA) is 47.3 Å². The number of hydrazine groups is 1. The molecular formula is C16H17ClN2O. The van der Waals surface area contributed by atoms with Crippen molar-refractivity contribution in [1.29, 1.82) is 0 Å². The number of hydrogen-bond acceptors (Lipinski definition) is 3. The molecule has 4 heteroatoms. The third kappa shape index (κ3) is 2.29. The molecule has 1 heterocycles. The molecule has 20 heavy (non-hydrogen) atoms. The summed E-state index contributed by atoms with van der Waals surface area (Å²) < 4.78 is 5.54. The summed E-state index contributed by atoms with van der Waals surface area (Å²) in [6.45, 7) is 2.75. The standard InChI is InChI=1S/C16H17ClN2O/c1-10-3-2-4-13(15(10)17)16(19-18)12-5-6-14-11(9-12)7-8-20-14/h2-6,9,16,19H,7-8,18H2,1H3. The summed E-state index contributed by atoms with van der Waals surface area (Å²) in [5.74, 6) is 6.73. The van der Waals surface area contributed by atoms with Gasteiger partial charge < -0.3 is 4.74 Å². The molecule has 1 aliphatic rings. The van der Waals surface area contributed by atoms with Crippen LogP contribution >= 0.6 is 11.6 Å². The Morgan fingerprint density at radius 3 is 2.95 bits per heavy atom. The number of nitrogens with two attached hydrogens (primary N) is 1. The van der Waals surface area contributed by atoms with Gasteiger partial charge in [0.05, 0.1) is 12.6 Å². The second-order valence-corrected chi connectivity index (χ2v) is 5.42. The molecule has 0 fully saturated rings. The molecule has 0 aliphatic carbocycles. The molecule has 0 amide bonds. The third-order valence-electron chi connectivity index (χ3n) is 3.75. The molecule has 0 aromatic heterocycles. The molecule has 0 radical (unpaired) electrons. The van der Waals surface area contributed by atoms with E-state index in [1.54, 1.807) is 0 Å². The van der Waals surface area contributed by atoms with Crippen LogP contribution in [0.5, 0.6) is 5.75 Å². The Labute approximate surface area is 123 Å². The summed E-state index contributed by atoms with van der Waals surface area (Å²) in [5.41, 5.74) is 7.24. The summed E-state index contributed by atoms with van der Waals surface area (Å²) in [7, 11) is 0. The van der Waals surface area contributed by atoms with Gasteiger partial charge in [0.25, 0.3) is 0 Å². The summed E-state index contributed by atoms with van der Waals surface area (Å²) in [6.07, 6.45) is 0.946. The number of fused-ring (bicyclic) bond motifs is 1. The molecular weight excluding hydrogens is 272 g/mol. The van der Waals surface area contributed by atoms with E-state index in [9.17, 15) is 0 Å². The molecule has 0 saturated carbocycles. The predicted octanol–water partition coefficient (Wildman–Crippen LogP) is 3.14. The number of ether oxygens (including phenoxy) is 1. The Balaban J connectivity index is 2.03. The van der Waals surface area contributed by atoms with Crippen LogP contribution in [0.4, 0.5) is 0 Å². The lowest BCUT2D eigenvalue weighted by Gasteiger charge is -2.19. The van der Waals surface area contributed by atoms with Crippen LogP contribution in [0.3, 0.4) is 0 Å². The number of hydrogen-bond donors (Lipinski definition) is 2. The zero-order chi connectivity index (χ0) is 14.1. The third-order valence-corrected chi connectivity index (χ3v) is 4.26. The molecule has 2 aromatic carbocycles. The minimum absolute atomic E-state index is 0.117. The van der Waals surface area contributed by atoms with Crippen LogP contribution in [-0.4, -0.2) is 6.61 Å². The highest BCUT2D eigenvalue weighted by molar-refractivity contribution is 6.32. The summed E-state index contributed by atoms with van der Waals surface area (Å²) in [6, 6.07) is 12.1. The van der Waals surface area contributed by atoms with Crippen LogP contribution in [0, 0.1) is 6.92 Å². The lowest BCUT2D eigenvalue weighted by molar-refractivity contribution is 0.357. The van der Waals surface area contributed by atoms with Crippen molar-refractivity contribution in [3.05, 3.63) is 63.7 Å². The highest BCUT2D eigenvalue weighted by Gasteiger charge is 2.19. The van der Waals surface area contributed by atoms with Crippen molar-refractivity contribution in [2.45, 2.75) is 19.4 Å². The van der Waals surface area contributed by atoms with Gasteiger partial charge in [0.2, 0.25) is 0 Å². The van der Waals surface area contributed by atoms with Crippen LogP contribution in [0.1, 0.15) is 28.3 Å². The Bertz CT molecular complexity index is 642. The maximum absolute atomic E-state index is 6.41. The fourth-order valence-corrected chi connectivity index (χ4v) is 2.88. The number of rotatable bonds is 3. The van der Waals surface area contributed by atoms with Crippen molar-refractivity contribution in [2.24, 2.45) is 5.84 Å². The van der Waals surface area contributed by atoms with E-state index < -0.39 is 0 Å². The number of aryl methyl sites for hydroxylation is 1. The SMILES string of the molecule is Cc1cccc(C(NN)c2ccc3c(c2)CCO3)c1Cl. The van der Waals surface area contributed by atoms with Gasteiger partial charge in [0, 0.05) is 11.4 Å². The van der Waals surface area contributed by atoms with Gasteiger partial charge in [0.15, 0.2) is 0 Å². The zero-order valence-corrected chi connectivity index (χ0v) is 12.1. The Kier molecular flexibility index (Phi) is 3.66. The average Bonchev–Trinajstić information content (AvgIpc) is 2.92. The van der Waals surface area contributed by atoms with Crippen LogP contribution in [0.25, 0.3) is 0 Å². The first kappa shape index (κ1) is 13.4. The van der Waals surface area contributed by atoms with Crippen LogP contribution in [0.2, 0.25) is 5.02 Å². The van der Waals surface area contributed by atoms with E-state index in [-0.39, 0.29) is 6.04 Å². The van der Waals surface area contributed by atoms with Crippen molar-refractivity contribution in [2.75, 3.05) is 6.61 Å². The van der Waals surface area contributed by atoms with Gasteiger partial charge in [-0.15, -0.1) is 0 Å². The minimum atomic E-state index is -0.117. The Hall–Kier alpha value is -1.55. The molecule has 1 aliphatic heterocycles. The fourth-order valence-electron chi connectivity index (χ4n) is 2.64. The quantitative estimate of drug-likeness (QED) is 0.674. The second-order valence-electron chi connectivity index (χ2n) is 5.04. The summed E-state index contributed by atoms with van der Waals surface area (Å²) in [4.78, 5) is 0. The van der Waals surface area contributed by atoms with E-state index in [2.05, 4.69) is 11.5 Å². The molecule has 0 saturated heterocycles. The van der Waals surface area contributed by atoms with Gasteiger partial charge in [-0.2, -0.15) is 0 Å². The van der Waals surface area contributed by atoms with Gasteiger partial charge in [-0.1, -0.05) is 41.9 Å². The van der Waals surface area contributed by atoms with Crippen molar-refractivity contribution in [1.82, 2.24) is 5.43 Å². The second kappa shape index (κ2) is 5.44. The maximum atomic E-state index is 6.41. The molecule has 2 aromatic rings. The van der Waals surface area contributed by atoms with Gasteiger partial charge in [-0.3, -0.25) is 5.84 Å². The van der Waals surface area contributed by atoms with Crippen LogP contribution < -0.4 is 16.0 Å². The molecule has 3 N–H and O–H groups in total. The number of nitrogens with one attached hydrogen (secondary N) is 1. The molecule has 0 bridgehead atoms. The molecule has 1 unspecified atom stereocenters. The first-order valence-corrected chi connectivity index (χ1v) is 7.05. The highest BCUT2D eigenvalue weighted by atomic mass is 35.5. The normalized spacial score (nSPS) is 14.8. The fraction of sp³-hybridized carbons (Fsp3) is 0.250. The minimum Gasteiger partial charge on any atom is -0.493 e.